The SMILES string of the molecule is CC(C)OC(=O)[C@H](C)N[P@](=O)(OC[C@H]1C[C@@H](n2cnc3c(N)nc(N)nc32)[C@H](O)[C@@H]1O)Oc1ccccc1. The van der Waals surface area contributed by atoms with Crippen molar-refractivity contribution in [2.75, 3.05) is 18.1 Å². The zero-order valence-electron chi connectivity index (χ0n) is 21.2. The lowest BCUT2D eigenvalue weighted by Gasteiger charge is -2.25. The molecule has 4 rings (SSSR count). The fraction of sp³-hybridized carbons (Fsp3) is 0.478. The van der Waals surface area contributed by atoms with Crippen molar-refractivity contribution < 1.29 is 33.4 Å². The molecule has 7 N–H and O–H groups in total. The predicted octanol–water partition coefficient (Wildman–Crippen LogP) is 1.41. The van der Waals surface area contributed by atoms with Crippen LogP contribution in [0.3, 0.4) is 0 Å². The number of rotatable bonds is 10. The summed E-state index contributed by atoms with van der Waals surface area (Å²) in [5, 5.41) is 24.2. The van der Waals surface area contributed by atoms with Gasteiger partial charge in [0.1, 0.15) is 23.4 Å². The smallest absolute Gasteiger partial charge is 0.459 e. The zero-order valence-corrected chi connectivity index (χ0v) is 22.1. The van der Waals surface area contributed by atoms with E-state index in [0.717, 1.165) is 0 Å². The van der Waals surface area contributed by atoms with Crippen LogP contribution in [0.5, 0.6) is 5.75 Å². The molecule has 14 nitrogen and oxygen atoms in total. The van der Waals surface area contributed by atoms with Crippen molar-refractivity contribution in [1.82, 2.24) is 24.6 Å². The van der Waals surface area contributed by atoms with Crippen LogP contribution in [0.2, 0.25) is 0 Å². The summed E-state index contributed by atoms with van der Waals surface area (Å²) < 4.78 is 31.8. The Morgan fingerprint density at radius 2 is 1.89 bits per heavy atom. The van der Waals surface area contributed by atoms with Crippen LogP contribution in [-0.2, 0) is 18.6 Å². The number of nitrogens with two attached hydrogens (primary N) is 2. The summed E-state index contributed by atoms with van der Waals surface area (Å²) in [6.07, 6.45) is -1.17. The van der Waals surface area contributed by atoms with Crippen molar-refractivity contribution in [2.45, 2.75) is 57.6 Å². The summed E-state index contributed by atoms with van der Waals surface area (Å²) >= 11 is 0. The van der Waals surface area contributed by atoms with Crippen LogP contribution in [0.4, 0.5) is 11.8 Å². The van der Waals surface area contributed by atoms with E-state index in [9.17, 15) is 19.6 Å². The number of para-hydroxylation sites is 1. The number of carbonyl (C=O) groups excluding carboxylic acids is 1. The van der Waals surface area contributed by atoms with Gasteiger partial charge < -0.3 is 35.5 Å². The maximum absolute atomic E-state index is 13.7. The maximum Gasteiger partial charge on any atom is 0.459 e. The lowest BCUT2D eigenvalue weighted by atomic mass is 10.1. The first-order chi connectivity index (χ1) is 18.0. The fourth-order valence-electron chi connectivity index (χ4n) is 4.27. The molecule has 2 heterocycles. The molecule has 0 spiro atoms. The molecule has 1 fully saturated rings. The number of imidazole rings is 1. The van der Waals surface area contributed by atoms with Crippen LogP contribution in [0.25, 0.3) is 11.2 Å². The standard InChI is InChI=1S/C23H32N7O7P/c1-12(2)36-22(33)13(3)29-38(34,37-15-7-5-4-6-8-15)35-10-14-9-16(19(32)18(14)31)30-11-26-17-20(24)27-23(25)28-21(17)30/h4-8,11-14,16,18-19,31-32H,9-10H2,1-3H3,(H,29,34)(H4,24,25,27,28)/t13-,14+,16+,18+,19-,38-/m0/s1. The number of nitrogens with one attached hydrogen (secondary N) is 1. The minimum atomic E-state index is -4.14. The van der Waals surface area contributed by atoms with Gasteiger partial charge in [0.2, 0.25) is 5.95 Å². The van der Waals surface area contributed by atoms with Gasteiger partial charge in [0.15, 0.2) is 11.5 Å². The Morgan fingerprint density at radius 3 is 2.58 bits per heavy atom. The molecule has 0 radical (unpaired) electrons. The van der Waals surface area contributed by atoms with Crippen molar-refractivity contribution in [3.05, 3.63) is 36.7 Å². The molecule has 0 aliphatic heterocycles. The first kappa shape index (κ1) is 27.7. The molecule has 6 atom stereocenters. The van der Waals surface area contributed by atoms with E-state index in [1.807, 2.05) is 0 Å². The minimum Gasteiger partial charge on any atom is -0.462 e. The Hall–Kier alpha value is -3.29. The van der Waals surface area contributed by atoms with Gasteiger partial charge in [-0.05, 0) is 39.3 Å². The molecule has 0 saturated heterocycles. The average molecular weight is 550 g/mol. The van der Waals surface area contributed by atoms with E-state index in [-0.39, 0.29) is 36.6 Å². The average Bonchev–Trinajstić information content (AvgIpc) is 3.39. The first-order valence-corrected chi connectivity index (χ1v) is 13.6. The van der Waals surface area contributed by atoms with Crippen LogP contribution in [0.1, 0.15) is 33.2 Å². The number of aliphatic hydroxyl groups excluding tert-OH is 2. The third-order valence-corrected chi connectivity index (χ3v) is 7.72. The van der Waals surface area contributed by atoms with Crippen LogP contribution in [0, 0.1) is 5.92 Å². The molecule has 0 unspecified atom stereocenters. The lowest BCUT2D eigenvalue weighted by molar-refractivity contribution is -0.149. The number of hydrogen-bond donors (Lipinski definition) is 5. The largest absolute Gasteiger partial charge is 0.462 e. The molecular weight excluding hydrogens is 517 g/mol. The second-order valence-electron chi connectivity index (χ2n) is 9.37. The number of ether oxygens (including phenoxy) is 1. The second-order valence-corrected chi connectivity index (χ2v) is 11.1. The molecule has 1 aliphatic rings. The number of fused-ring (bicyclic) bond motifs is 1. The van der Waals surface area contributed by atoms with Gasteiger partial charge in [0.05, 0.1) is 31.2 Å². The number of aliphatic hydroxyl groups is 2. The Bertz CT molecular complexity index is 1320. The normalized spacial score (nSPS) is 23.8. The lowest BCUT2D eigenvalue weighted by Crippen LogP contribution is -2.37. The number of nitrogens with zero attached hydrogens (tertiary/aromatic N) is 4. The number of nitrogen functional groups attached to an aromatic ring is 2. The summed E-state index contributed by atoms with van der Waals surface area (Å²) in [5.41, 5.74) is 12.2. The Balaban J connectivity index is 1.51. The number of esters is 1. The maximum atomic E-state index is 13.7. The number of aromatic nitrogens is 4. The molecule has 3 aromatic rings. The van der Waals surface area contributed by atoms with Gasteiger partial charge in [0.25, 0.3) is 0 Å². The van der Waals surface area contributed by atoms with E-state index in [1.165, 1.54) is 13.3 Å². The summed E-state index contributed by atoms with van der Waals surface area (Å²) in [7, 11) is -4.14. The van der Waals surface area contributed by atoms with Crippen molar-refractivity contribution >= 4 is 36.6 Å². The quantitative estimate of drug-likeness (QED) is 0.179. The van der Waals surface area contributed by atoms with Gasteiger partial charge in [0, 0.05) is 5.92 Å². The van der Waals surface area contributed by atoms with Crippen LogP contribution in [-0.4, -0.2) is 66.7 Å². The molecule has 1 aromatic carbocycles. The van der Waals surface area contributed by atoms with E-state index in [4.69, 9.17) is 25.3 Å². The summed E-state index contributed by atoms with van der Waals surface area (Å²) in [6, 6.07) is 6.64. The molecule has 0 bridgehead atoms. The van der Waals surface area contributed by atoms with Crippen molar-refractivity contribution in [3.63, 3.8) is 0 Å². The van der Waals surface area contributed by atoms with Crippen LogP contribution < -0.4 is 21.1 Å². The molecular formula is C23H32N7O7P. The first-order valence-electron chi connectivity index (χ1n) is 12.1. The van der Waals surface area contributed by atoms with Crippen molar-refractivity contribution in [2.24, 2.45) is 5.92 Å². The van der Waals surface area contributed by atoms with Gasteiger partial charge >= 0.3 is 13.7 Å². The number of carbonyl (C=O) groups is 1. The third-order valence-electron chi connectivity index (χ3n) is 6.08. The van der Waals surface area contributed by atoms with Gasteiger partial charge in [-0.15, -0.1) is 0 Å². The Labute approximate surface area is 218 Å². The third kappa shape index (κ3) is 6.05. The highest BCUT2D eigenvalue weighted by Gasteiger charge is 2.45. The van der Waals surface area contributed by atoms with Crippen molar-refractivity contribution in [3.8, 4) is 5.75 Å². The van der Waals surface area contributed by atoms with Gasteiger partial charge in [-0.3, -0.25) is 9.32 Å². The minimum absolute atomic E-state index is 0.0557. The van der Waals surface area contributed by atoms with E-state index >= 15 is 0 Å². The summed E-state index contributed by atoms with van der Waals surface area (Å²) in [4.78, 5) is 24.6. The second kappa shape index (κ2) is 11.2. The number of anilines is 2. The molecule has 206 valence electrons. The van der Waals surface area contributed by atoms with Gasteiger partial charge in [-0.1, -0.05) is 18.2 Å². The molecule has 2 aromatic heterocycles. The molecule has 1 aliphatic carbocycles. The molecule has 15 heteroatoms. The van der Waals surface area contributed by atoms with Gasteiger partial charge in [-0.2, -0.15) is 15.1 Å². The van der Waals surface area contributed by atoms with Gasteiger partial charge in [-0.25, -0.2) is 9.55 Å². The monoisotopic (exact) mass is 549 g/mol. The fourth-order valence-corrected chi connectivity index (χ4v) is 5.81. The highest BCUT2D eigenvalue weighted by molar-refractivity contribution is 7.52. The molecule has 1 saturated carbocycles. The van der Waals surface area contributed by atoms with Crippen molar-refractivity contribution in [1.29, 1.82) is 0 Å². The number of benzene rings is 1. The Morgan fingerprint density at radius 1 is 1.18 bits per heavy atom. The Kier molecular flexibility index (Phi) is 8.19. The van der Waals surface area contributed by atoms with E-state index < -0.39 is 43.9 Å². The predicted molar refractivity (Wildman–Crippen MR) is 138 cm³/mol. The summed E-state index contributed by atoms with van der Waals surface area (Å²) in [5.74, 6) is -1.01. The molecule has 38 heavy (non-hydrogen) atoms. The van der Waals surface area contributed by atoms with E-state index in [2.05, 4.69) is 20.0 Å². The highest BCUT2D eigenvalue weighted by Crippen LogP contribution is 2.47. The highest BCUT2D eigenvalue weighted by atomic mass is 31.2. The summed E-state index contributed by atoms with van der Waals surface area (Å²) in [6.45, 7) is 4.61. The van der Waals surface area contributed by atoms with E-state index in [0.29, 0.717) is 11.2 Å². The zero-order chi connectivity index (χ0) is 27.6. The number of hydrogen-bond acceptors (Lipinski definition) is 12. The van der Waals surface area contributed by atoms with Crippen LogP contribution >= 0.6 is 7.75 Å². The molecule has 0 amide bonds. The van der Waals surface area contributed by atoms with Crippen LogP contribution in [0.15, 0.2) is 36.7 Å². The topological polar surface area (TPSA) is 210 Å². The van der Waals surface area contributed by atoms with E-state index in [1.54, 1.807) is 48.7 Å².